The average molecular weight is 241 g/mol. The molecule has 92 valence electrons. The van der Waals surface area contributed by atoms with E-state index in [1.165, 1.54) is 0 Å². The van der Waals surface area contributed by atoms with Gasteiger partial charge in [-0.3, -0.25) is 9.78 Å². The molecule has 0 spiro atoms. The highest BCUT2D eigenvalue weighted by molar-refractivity contribution is 5.82. The zero-order valence-electron chi connectivity index (χ0n) is 10.2. The summed E-state index contributed by atoms with van der Waals surface area (Å²) in [5, 5.41) is 1.08. The minimum Gasteiger partial charge on any atom is -0.337 e. The number of carbonyl (C=O) groups excluding carboxylic acids is 1. The van der Waals surface area contributed by atoms with Crippen molar-refractivity contribution in [2.45, 2.75) is 18.5 Å². The summed E-state index contributed by atoms with van der Waals surface area (Å²) in [4.78, 5) is 17.7. The first-order valence-corrected chi connectivity index (χ1v) is 6.03. The number of carbonyl (C=O) groups is 1. The molecule has 2 unspecified atom stereocenters. The Morgan fingerprint density at radius 2 is 2.22 bits per heavy atom. The number of likely N-dealkylation sites (tertiary alicyclic amines) is 1. The number of amides is 1. The lowest BCUT2D eigenvalue weighted by Gasteiger charge is -2.23. The van der Waals surface area contributed by atoms with Crippen LogP contribution in [0.3, 0.4) is 0 Å². The number of hydrogen-bond donors (Lipinski definition) is 1. The number of aromatic nitrogens is 1. The lowest BCUT2D eigenvalue weighted by molar-refractivity contribution is -0.127. The van der Waals surface area contributed by atoms with Crippen molar-refractivity contribution in [3.63, 3.8) is 0 Å². The Balaban J connectivity index is 2.06. The van der Waals surface area contributed by atoms with Crippen LogP contribution in [0, 0.1) is 0 Å². The lowest BCUT2D eigenvalue weighted by Crippen LogP contribution is -2.30. The quantitative estimate of drug-likeness (QED) is 0.822. The van der Waals surface area contributed by atoms with Gasteiger partial charge >= 0.3 is 0 Å². The molecule has 3 rings (SSSR count). The summed E-state index contributed by atoms with van der Waals surface area (Å²) in [6.07, 6.45) is 2.20. The number of benzene rings is 1. The van der Waals surface area contributed by atoms with Gasteiger partial charge in [0.25, 0.3) is 0 Å². The van der Waals surface area contributed by atoms with Crippen LogP contribution in [-0.2, 0) is 4.79 Å². The molecule has 0 bridgehead atoms. The molecule has 1 aliphatic heterocycles. The smallest absolute Gasteiger partial charge is 0.224 e. The molecule has 1 saturated heterocycles. The molecule has 4 heteroatoms. The summed E-state index contributed by atoms with van der Waals surface area (Å²) in [6, 6.07) is 9.84. The first-order chi connectivity index (χ1) is 8.66. The van der Waals surface area contributed by atoms with Crippen LogP contribution in [0.1, 0.15) is 18.0 Å². The molecule has 0 saturated carbocycles. The van der Waals surface area contributed by atoms with Crippen LogP contribution in [0.25, 0.3) is 10.9 Å². The Kier molecular flexibility index (Phi) is 2.52. The highest BCUT2D eigenvalue weighted by Crippen LogP contribution is 2.31. The Labute approximate surface area is 105 Å². The maximum atomic E-state index is 11.7. The Bertz CT molecular complexity index is 611. The second-order valence-corrected chi connectivity index (χ2v) is 4.77. The molecule has 1 aliphatic rings. The fourth-order valence-corrected chi connectivity index (χ4v) is 2.65. The summed E-state index contributed by atoms with van der Waals surface area (Å²) in [6.45, 7) is 0. The highest BCUT2D eigenvalue weighted by atomic mass is 16.2. The SMILES string of the molecule is CN1C(=O)CC(N)C1c1ccc2ncccc2c1. The summed E-state index contributed by atoms with van der Waals surface area (Å²) < 4.78 is 0. The van der Waals surface area contributed by atoms with Gasteiger partial charge in [-0.25, -0.2) is 0 Å². The van der Waals surface area contributed by atoms with Crippen LogP contribution in [0.15, 0.2) is 36.5 Å². The largest absolute Gasteiger partial charge is 0.337 e. The van der Waals surface area contributed by atoms with Gasteiger partial charge in [0, 0.05) is 31.1 Å². The van der Waals surface area contributed by atoms with Gasteiger partial charge in [0.2, 0.25) is 5.91 Å². The van der Waals surface area contributed by atoms with Crippen LogP contribution in [0.2, 0.25) is 0 Å². The molecule has 2 N–H and O–H groups in total. The summed E-state index contributed by atoms with van der Waals surface area (Å²) >= 11 is 0. The molecule has 1 aromatic heterocycles. The normalized spacial score (nSPS) is 23.9. The molecule has 1 amide bonds. The van der Waals surface area contributed by atoms with Gasteiger partial charge in [0.1, 0.15) is 0 Å². The summed E-state index contributed by atoms with van der Waals surface area (Å²) in [5.41, 5.74) is 8.10. The van der Waals surface area contributed by atoms with Gasteiger partial charge in [0.15, 0.2) is 0 Å². The Morgan fingerprint density at radius 3 is 2.94 bits per heavy atom. The van der Waals surface area contributed by atoms with E-state index in [4.69, 9.17) is 5.73 Å². The summed E-state index contributed by atoms with van der Waals surface area (Å²) in [5.74, 6) is 0.110. The third kappa shape index (κ3) is 1.66. The Morgan fingerprint density at radius 1 is 1.39 bits per heavy atom. The van der Waals surface area contributed by atoms with Crippen molar-refractivity contribution in [1.82, 2.24) is 9.88 Å². The third-order valence-corrected chi connectivity index (χ3v) is 3.60. The zero-order valence-corrected chi connectivity index (χ0v) is 10.2. The molecule has 1 fully saturated rings. The monoisotopic (exact) mass is 241 g/mol. The predicted molar refractivity (Wildman–Crippen MR) is 69.8 cm³/mol. The number of nitrogens with zero attached hydrogens (tertiary/aromatic N) is 2. The standard InChI is InChI=1S/C14H15N3O/c1-17-13(18)8-11(15)14(17)10-4-5-12-9(7-10)3-2-6-16-12/h2-7,11,14H,8,15H2,1H3. The van der Waals surface area contributed by atoms with Gasteiger partial charge in [-0.2, -0.15) is 0 Å². The molecule has 0 aliphatic carbocycles. The first-order valence-electron chi connectivity index (χ1n) is 6.03. The van der Waals surface area contributed by atoms with Gasteiger partial charge < -0.3 is 10.6 Å². The van der Waals surface area contributed by atoms with E-state index in [0.29, 0.717) is 6.42 Å². The average Bonchev–Trinajstić information content (AvgIpc) is 2.63. The van der Waals surface area contributed by atoms with Crippen molar-refractivity contribution < 1.29 is 4.79 Å². The highest BCUT2D eigenvalue weighted by Gasteiger charge is 2.36. The maximum Gasteiger partial charge on any atom is 0.224 e. The molecule has 4 nitrogen and oxygen atoms in total. The van der Waals surface area contributed by atoms with E-state index >= 15 is 0 Å². The topological polar surface area (TPSA) is 59.2 Å². The fourth-order valence-electron chi connectivity index (χ4n) is 2.65. The van der Waals surface area contributed by atoms with Crippen molar-refractivity contribution in [2.24, 2.45) is 5.73 Å². The Hall–Kier alpha value is -1.94. The van der Waals surface area contributed by atoms with Crippen molar-refractivity contribution in [1.29, 1.82) is 0 Å². The molecule has 18 heavy (non-hydrogen) atoms. The lowest BCUT2D eigenvalue weighted by atomic mass is 9.99. The molecule has 0 radical (unpaired) electrons. The number of fused-ring (bicyclic) bond motifs is 1. The van der Waals surface area contributed by atoms with E-state index in [1.54, 1.807) is 11.1 Å². The van der Waals surface area contributed by atoms with Crippen LogP contribution in [-0.4, -0.2) is 28.9 Å². The van der Waals surface area contributed by atoms with Crippen molar-refractivity contribution in [3.05, 3.63) is 42.1 Å². The fraction of sp³-hybridized carbons (Fsp3) is 0.286. The third-order valence-electron chi connectivity index (χ3n) is 3.60. The van der Waals surface area contributed by atoms with Gasteiger partial charge in [0.05, 0.1) is 11.6 Å². The van der Waals surface area contributed by atoms with E-state index in [1.807, 2.05) is 31.3 Å². The number of rotatable bonds is 1. The zero-order chi connectivity index (χ0) is 12.7. The van der Waals surface area contributed by atoms with Crippen LogP contribution >= 0.6 is 0 Å². The van der Waals surface area contributed by atoms with E-state index in [-0.39, 0.29) is 18.0 Å². The van der Waals surface area contributed by atoms with Gasteiger partial charge in [-0.1, -0.05) is 12.1 Å². The summed E-state index contributed by atoms with van der Waals surface area (Å²) in [7, 11) is 1.81. The number of hydrogen-bond acceptors (Lipinski definition) is 3. The van der Waals surface area contributed by atoms with E-state index in [0.717, 1.165) is 16.5 Å². The van der Waals surface area contributed by atoms with Crippen molar-refractivity contribution in [3.8, 4) is 0 Å². The molecule has 2 heterocycles. The van der Waals surface area contributed by atoms with Crippen LogP contribution < -0.4 is 5.73 Å². The predicted octanol–water partition coefficient (Wildman–Crippen LogP) is 1.47. The molecular weight excluding hydrogens is 226 g/mol. The number of pyridine rings is 1. The minimum atomic E-state index is -0.128. The van der Waals surface area contributed by atoms with E-state index in [9.17, 15) is 4.79 Å². The second-order valence-electron chi connectivity index (χ2n) is 4.77. The van der Waals surface area contributed by atoms with E-state index in [2.05, 4.69) is 11.1 Å². The van der Waals surface area contributed by atoms with Crippen molar-refractivity contribution in [2.75, 3.05) is 7.05 Å². The molecular formula is C14H15N3O. The van der Waals surface area contributed by atoms with E-state index < -0.39 is 0 Å². The molecule has 2 aromatic rings. The molecule has 1 aromatic carbocycles. The van der Waals surface area contributed by atoms with Gasteiger partial charge in [-0.15, -0.1) is 0 Å². The molecule has 2 atom stereocenters. The maximum absolute atomic E-state index is 11.7. The van der Waals surface area contributed by atoms with Crippen molar-refractivity contribution >= 4 is 16.8 Å². The second kappa shape index (κ2) is 4.07. The van der Waals surface area contributed by atoms with Crippen LogP contribution in [0.4, 0.5) is 0 Å². The first kappa shape index (κ1) is 11.2. The number of nitrogens with two attached hydrogens (primary N) is 1. The van der Waals surface area contributed by atoms with Crippen LogP contribution in [0.5, 0.6) is 0 Å². The van der Waals surface area contributed by atoms with Gasteiger partial charge in [-0.05, 0) is 23.8 Å². The minimum absolute atomic E-state index is 0.0258. The number of likely N-dealkylation sites (N-methyl/N-ethyl adjacent to an activating group) is 1.